The van der Waals surface area contributed by atoms with Crippen LogP contribution in [-0.4, -0.2) is 40.2 Å². The lowest BCUT2D eigenvalue weighted by Crippen LogP contribution is -2.25. The number of carbonyl (C=O) groups excluding carboxylic acids is 1. The van der Waals surface area contributed by atoms with Crippen LogP contribution in [0.4, 0.5) is 13.2 Å². The third-order valence-corrected chi connectivity index (χ3v) is 5.93. The zero-order chi connectivity index (χ0) is 21.6. The average molecular weight is 454 g/mol. The molecule has 1 aliphatic heterocycles. The molecule has 31 heavy (non-hydrogen) atoms. The Kier molecular flexibility index (Phi) is 5.07. The fourth-order valence-corrected chi connectivity index (χ4v) is 4.33. The number of hydrogen-bond donors (Lipinski definition) is 1. The number of ether oxygens (including phenoxy) is 2. The van der Waals surface area contributed by atoms with Gasteiger partial charge in [-0.25, -0.2) is 0 Å². The van der Waals surface area contributed by atoms with Gasteiger partial charge in [-0.1, -0.05) is 0 Å². The molecule has 0 saturated carbocycles. The summed E-state index contributed by atoms with van der Waals surface area (Å²) in [6, 6.07) is 0. The maximum atomic E-state index is 14.1. The van der Waals surface area contributed by atoms with E-state index in [0.717, 1.165) is 4.88 Å². The number of amides is 1. The largest absolute Gasteiger partial charge is 0.455 e. The van der Waals surface area contributed by atoms with Gasteiger partial charge in [-0.2, -0.15) is 18.3 Å². The summed E-state index contributed by atoms with van der Waals surface area (Å²) in [5.41, 5.74) is 1.21. The zero-order valence-electron chi connectivity index (χ0n) is 16.1. The van der Waals surface area contributed by atoms with Gasteiger partial charge in [0, 0.05) is 23.7 Å². The van der Waals surface area contributed by atoms with Gasteiger partial charge >= 0.3 is 6.18 Å². The summed E-state index contributed by atoms with van der Waals surface area (Å²) in [6.07, 6.45) is -1.01. The van der Waals surface area contributed by atoms with Gasteiger partial charge in [-0.15, -0.1) is 11.3 Å². The van der Waals surface area contributed by atoms with Crippen LogP contribution in [0.5, 0.6) is 0 Å². The highest BCUT2D eigenvalue weighted by atomic mass is 32.1. The minimum atomic E-state index is -4.78. The predicted octanol–water partition coefficient (Wildman–Crippen LogP) is 3.02. The van der Waals surface area contributed by atoms with Crippen molar-refractivity contribution < 1.29 is 31.9 Å². The van der Waals surface area contributed by atoms with Crippen molar-refractivity contribution in [3.05, 3.63) is 45.4 Å². The Morgan fingerprint density at radius 1 is 1.35 bits per heavy atom. The van der Waals surface area contributed by atoms with Crippen molar-refractivity contribution in [2.75, 3.05) is 13.4 Å². The van der Waals surface area contributed by atoms with Crippen LogP contribution in [0.2, 0.25) is 0 Å². The number of carbonyl (C=O) groups is 1. The first kappa shape index (κ1) is 20.2. The molecule has 0 bridgehead atoms. The highest BCUT2D eigenvalue weighted by Gasteiger charge is 2.45. The van der Waals surface area contributed by atoms with E-state index in [4.69, 9.17) is 13.9 Å². The molecule has 1 fully saturated rings. The highest BCUT2D eigenvalue weighted by molar-refractivity contribution is 7.09. The maximum absolute atomic E-state index is 14.1. The van der Waals surface area contributed by atoms with Crippen LogP contribution in [0.15, 0.2) is 22.3 Å². The fraction of sp³-hybridized carbons (Fsp3) is 0.421. The topological polar surface area (TPSA) is 91.4 Å². The van der Waals surface area contributed by atoms with Gasteiger partial charge < -0.3 is 19.2 Å². The monoisotopic (exact) mass is 454 g/mol. The molecule has 2 aliphatic rings. The molecule has 1 atom stereocenters. The molecule has 8 nitrogen and oxygen atoms in total. The normalized spacial score (nSPS) is 18.1. The van der Waals surface area contributed by atoms with E-state index in [9.17, 15) is 18.0 Å². The summed E-state index contributed by atoms with van der Waals surface area (Å²) in [5, 5.41) is 6.85. The predicted molar refractivity (Wildman–Crippen MR) is 101 cm³/mol. The Hall–Kier alpha value is -2.70. The van der Waals surface area contributed by atoms with Crippen molar-refractivity contribution in [2.45, 2.75) is 38.2 Å². The van der Waals surface area contributed by atoms with Gasteiger partial charge in [0.25, 0.3) is 5.91 Å². The maximum Gasteiger partial charge on any atom is 0.420 e. The molecule has 3 aromatic heterocycles. The standard InChI is InChI=1S/C19H17F3N4O4S/c20-19(21,22)15-14-13(30-17(15)18(27)24-4-12-3-23-8-31-12)2-1-10-5-26(25-16(10)14)6-11-7-28-9-29-11/h3,5,8,11H,1-2,4,6-7,9H2,(H,24,27)/t11-/m0/s1. The third kappa shape index (κ3) is 3.86. The minimum Gasteiger partial charge on any atom is -0.455 e. The van der Waals surface area contributed by atoms with E-state index in [1.807, 2.05) is 0 Å². The molecule has 4 heterocycles. The van der Waals surface area contributed by atoms with Crippen molar-refractivity contribution in [3.63, 3.8) is 0 Å². The molecular weight excluding hydrogens is 437 g/mol. The number of nitrogens with zero attached hydrogens (tertiary/aromatic N) is 3. The minimum absolute atomic E-state index is 0.0650. The Morgan fingerprint density at radius 2 is 2.23 bits per heavy atom. The number of aromatic nitrogens is 3. The van der Waals surface area contributed by atoms with Crippen LogP contribution in [-0.2, 0) is 41.6 Å². The number of fused-ring (bicyclic) bond motifs is 3. The van der Waals surface area contributed by atoms with Crippen LogP contribution in [0.25, 0.3) is 11.3 Å². The first-order valence-corrected chi connectivity index (χ1v) is 10.4. The van der Waals surface area contributed by atoms with Crippen molar-refractivity contribution in [1.82, 2.24) is 20.1 Å². The zero-order valence-corrected chi connectivity index (χ0v) is 16.9. The van der Waals surface area contributed by atoms with Crippen LogP contribution < -0.4 is 5.32 Å². The number of halogens is 3. The number of thiazole rings is 1. The van der Waals surface area contributed by atoms with E-state index in [2.05, 4.69) is 15.4 Å². The lowest BCUT2D eigenvalue weighted by molar-refractivity contribution is -0.137. The average Bonchev–Trinajstić information content (AvgIpc) is 3.50. The molecule has 12 heteroatoms. The first-order chi connectivity index (χ1) is 14.9. The van der Waals surface area contributed by atoms with Crippen molar-refractivity contribution >= 4 is 17.2 Å². The Labute approximate surface area is 178 Å². The SMILES string of the molecule is O=C(NCc1cncs1)c1oc2c(c1C(F)(F)F)-c1nn(C[C@H]3COCO3)cc1CC2. The van der Waals surface area contributed by atoms with Gasteiger partial charge in [0.05, 0.1) is 36.5 Å². The van der Waals surface area contributed by atoms with Crippen LogP contribution in [0, 0.1) is 0 Å². The van der Waals surface area contributed by atoms with Gasteiger partial charge in [-0.05, 0) is 12.0 Å². The molecule has 0 radical (unpaired) electrons. The van der Waals surface area contributed by atoms with E-state index in [0.29, 0.717) is 25.1 Å². The summed E-state index contributed by atoms with van der Waals surface area (Å²) in [4.78, 5) is 17.2. The summed E-state index contributed by atoms with van der Waals surface area (Å²) in [6.45, 7) is 1.02. The van der Waals surface area contributed by atoms with Gasteiger partial charge in [0.15, 0.2) is 0 Å². The molecule has 164 valence electrons. The van der Waals surface area contributed by atoms with Crippen LogP contribution >= 0.6 is 11.3 Å². The van der Waals surface area contributed by atoms with E-state index < -0.39 is 23.4 Å². The summed E-state index contributed by atoms with van der Waals surface area (Å²) in [7, 11) is 0. The second-order valence-corrected chi connectivity index (χ2v) is 8.23. The molecule has 1 aliphatic carbocycles. The smallest absolute Gasteiger partial charge is 0.420 e. The fourth-order valence-electron chi connectivity index (χ4n) is 3.80. The lowest BCUT2D eigenvalue weighted by Gasteiger charge is -2.12. The van der Waals surface area contributed by atoms with E-state index in [1.165, 1.54) is 11.3 Å². The quantitative estimate of drug-likeness (QED) is 0.637. The molecule has 0 unspecified atom stereocenters. The lowest BCUT2D eigenvalue weighted by atomic mass is 9.93. The summed E-state index contributed by atoms with van der Waals surface area (Å²) < 4.78 is 59.7. The summed E-state index contributed by atoms with van der Waals surface area (Å²) in [5.74, 6) is -1.54. The Bertz CT molecular complexity index is 1100. The molecule has 1 amide bonds. The van der Waals surface area contributed by atoms with Crippen molar-refractivity contribution in [3.8, 4) is 11.3 Å². The summed E-state index contributed by atoms with van der Waals surface area (Å²) >= 11 is 1.29. The molecule has 3 aromatic rings. The van der Waals surface area contributed by atoms with Gasteiger partial charge in [0.2, 0.25) is 5.76 Å². The van der Waals surface area contributed by atoms with Crippen LogP contribution in [0.3, 0.4) is 0 Å². The van der Waals surface area contributed by atoms with Gasteiger partial charge in [0.1, 0.15) is 24.2 Å². The molecule has 0 spiro atoms. The first-order valence-electron chi connectivity index (χ1n) is 9.54. The molecule has 0 aromatic carbocycles. The third-order valence-electron chi connectivity index (χ3n) is 5.15. The number of rotatable bonds is 5. The van der Waals surface area contributed by atoms with E-state index in [-0.39, 0.29) is 42.9 Å². The Balaban J connectivity index is 1.49. The number of nitrogens with one attached hydrogen (secondary N) is 1. The number of aryl methyl sites for hydroxylation is 2. The number of alkyl halides is 3. The molecular formula is C19H17F3N4O4S. The Morgan fingerprint density at radius 3 is 2.94 bits per heavy atom. The van der Waals surface area contributed by atoms with Crippen molar-refractivity contribution in [2.24, 2.45) is 0 Å². The second kappa shape index (κ2) is 7.77. The molecule has 1 saturated heterocycles. The van der Waals surface area contributed by atoms with E-state index >= 15 is 0 Å². The highest BCUT2D eigenvalue weighted by Crippen LogP contribution is 2.46. The second-order valence-electron chi connectivity index (χ2n) is 7.25. The number of furan rings is 1. The molecule has 1 N–H and O–H groups in total. The number of hydrogen-bond acceptors (Lipinski definition) is 7. The van der Waals surface area contributed by atoms with E-state index in [1.54, 1.807) is 22.6 Å². The van der Waals surface area contributed by atoms with Crippen LogP contribution in [0.1, 0.15) is 32.3 Å². The van der Waals surface area contributed by atoms with Crippen molar-refractivity contribution in [1.29, 1.82) is 0 Å². The molecule has 5 rings (SSSR count). The van der Waals surface area contributed by atoms with Gasteiger partial charge in [-0.3, -0.25) is 14.5 Å².